The quantitative estimate of drug-likeness (QED) is 0.674. The van der Waals surface area contributed by atoms with E-state index in [2.05, 4.69) is 26.1 Å². The molecule has 0 unspecified atom stereocenters. The summed E-state index contributed by atoms with van der Waals surface area (Å²) in [6, 6.07) is 9.55. The molecule has 1 amide bonds. The van der Waals surface area contributed by atoms with Gasteiger partial charge in [0.2, 0.25) is 5.91 Å². The lowest BCUT2D eigenvalue weighted by atomic mass is 10.0. The normalized spacial score (nSPS) is 20.0. The molecule has 0 saturated carbocycles. The number of ether oxygens (including phenoxy) is 2. The molecule has 1 aromatic carbocycles. The Morgan fingerprint density at radius 2 is 1.89 bits per heavy atom. The van der Waals surface area contributed by atoms with Gasteiger partial charge in [-0.15, -0.1) is 11.3 Å². The molecule has 1 saturated heterocycles. The van der Waals surface area contributed by atoms with Crippen LogP contribution in [0.3, 0.4) is 0 Å². The fourth-order valence-corrected chi connectivity index (χ4v) is 5.30. The van der Waals surface area contributed by atoms with Crippen molar-refractivity contribution < 1.29 is 19.1 Å². The van der Waals surface area contributed by atoms with E-state index in [1.807, 2.05) is 44.2 Å². The van der Waals surface area contributed by atoms with Crippen LogP contribution in [-0.2, 0) is 14.3 Å². The number of methoxy groups -OCH3 is 1. The Morgan fingerprint density at radius 1 is 1.25 bits per heavy atom. The summed E-state index contributed by atoms with van der Waals surface area (Å²) in [5.74, 6) is -0.649. The van der Waals surface area contributed by atoms with Crippen molar-refractivity contribution in [1.82, 2.24) is 4.90 Å². The maximum atomic E-state index is 12.7. The van der Waals surface area contributed by atoms with E-state index in [0.29, 0.717) is 23.7 Å². The van der Waals surface area contributed by atoms with Crippen LogP contribution in [-0.4, -0.2) is 55.7 Å². The molecule has 2 heterocycles. The highest BCUT2D eigenvalue weighted by molar-refractivity contribution is 9.11. The number of carbonyl (C=O) groups excluding carboxylic acids is 2. The van der Waals surface area contributed by atoms with Crippen LogP contribution in [0.4, 0.5) is 5.00 Å². The molecular formula is C20H23BrN2O4S. The molecule has 0 radical (unpaired) electrons. The van der Waals surface area contributed by atoms with Crippen LogP contribution in [0.15, 0.2) is 34.1 Å². The summed E-state index contributed by atoms with van der Waals surface area (Å²) in [5, 5.41) is 3.38. The van der Waals surface area contributed by atoms with Gasteiger partial charge in [-0.3, -0.25) is 9.69 Å². The number of morpholine rings is 1. The fourth-order valence-electron chi connectivity index (χ4n) is 3.43. The Kier molecular flexibility index (Phi) is 6.87. The second kappa shape index (κ2) is 9.17. The Morgan fingerprint density at radius 3 is 2.50 bits per heavy atom. The van der Waals surface area contributed by atoms with E-state index in [1.54, 1.807) is 0 Å². The van der Waals surface area contributed by atoms with Gasteiger partial charge in [0.15, 0.2) is 0 Å². The van der Waals surface area contributed by atoms with Crippen LogP contribution in [0.1, 0.15) is 24.2 Å². The van der Waals surface area contributed by atoms with Crippen molar-refractivity contribution in [3.05, 3.63) is 39.7 Å². The molecule has 1 aromatic heterocycles. The summed E-state index contributed by atoms with van der Waals surface area (Å²) in [6.45, 7) is 5.64. The molecule has 1 N–H and O–H groups in total. The van der Waals surface area contributed by atoms with Gasteiger partial charge in [-0.25, -0.2) is 4.79 Å². The molecule has 1 aliphatic heterocycles. The Balaban J connectivity index is 1.83. The first-order chi connectivity index (χ1) is 13.4. The minimum atomic E-state index is -0.482. The number of hydrogen-bond acceptors (Lipinski definition) is 6. The molecular weight excluding hydrogens is 444 g/mol. The lowest BCUT2D eigenvalue weighted by molar-refractivity contribution is -0.121. The van der Waals surface area contributed by atoms with E-state index in [9.17, 15) is 9.59 Å². The van der Waals surface area contributed by atoms with Gasteiger partial charge in [0.25, 0.3) is 0 Å². The first kappa shape index (κ1) is 21.0. The van der Waals surface area contributed by atoms with Crippen molar-refractivity contribution in [2.24, 2.45) is 0 Å². The zero-order chi connectivity index (χ0) is 20.3. The van der Waals surface area contributed by atoms with Crippen LogP contribution in [0.5, 0.6) is 0 Å². The molecule has 0 bridgehead atoms. The van der Waals surface area contributed by atoms with Crippen LogP contribution in [0, 0.1) is 0 Å². The molecule has 2 atom stereocenters. The first-order valence-electron chi connectivity index (χ1n) is 9.02. The Hall–Kier alpha value is -1.74. The van der Waals surface area contributed by atoms with Crippen LogP contribution >= 0.6 is 27.3 Å². The van der Waals surface area contributed by atoms with Crippen LogP contribution < -0.4 is 5.32 Å². The average molecular weight is 467 g/mol. The standard InChI is InChI=1S/C20H23BrN2O4S/c1-12-9-23(10-13(2)27-12)11-15(24)22-19-17(20(25)26-3)16(18(21)28-19)14-7-5-4-6-8-14/h4-8,12-13H,9-11H2,1-3H3,(H,22,24)/t12-,13+. The third-order valence-corrected chi connectivity index (χ3v) is 6.21. The van der Waals surface area contributed by atoms with Gasteiger partial charge in [-0.2, -0.15) is 0 Å². The third kappa shape index (κ3) is 4.81. The second-order valence-electron chi connectivity index (χ2n) is 6.81. The summed E-state index contributed by atoms with van der Waals surface area (Å²) in [7, 11) is 1.34. The first-order valence-corrected chi connectivity index (χ1v) is 10.6. The minimum Gasteiger partial charge on any atom is -0.465 e. The van der Waals surface area contributed by atoms with Crippen molar-refractivity contribution in [3.8, 4) is 11.1 Å². The lowest BCUT2D eigenvalue weighted by Crippen LogP contribution is -2.48. The zero-order valence-corrected chi connectivity index (χ0v) is 18.4. The summed E-state index contributed by atoms with van der Waals surface area (Å²) in [6.07, 6.45) is 0.172. The largest absolute Gasteiger partial charge is 0.465 e. The Labute approximate surface area is 176 Å². The number of amides is 1. The number of halogens is 1. The van der Waals surface area contributed by atoms with Crippen molar-refractivity contribution in [1.29, 1.82) is 0 Å². The Bertz CT molecular complexity index is 845. The van der Waals surface area contributed by atoms with Gasteiger partial charge in [0.1, 0.15) is 10.6 Å². The number of thiophene rings is 1. The monoisotopic (exact) mass is 466 g/mol. The highest BCUT2D eigenvalue weighted by Gasteiger charge is 2.27. The molecule has 6 nitrogen and oxygen atoms in total. The molecule has 8 heteroatoms. The third-order valence-electron chi connectivity index (χ3n) is 4.43. The van der Waals surface area contributed by atoms with Gasteiger partial charge in [-0.1, -0.05) is 30.3 Å². The topological polar surface area (TPSA) is 67.9 Å². The maximum Gasteiger partial charge on any atom is 0.341 e. The summed E-state index contributed by atoms with van der Waals surface area (Å²) in [5.41, 5.74) is 1.96. The second-order valence-corrected chi connectivity index (χ2v) is 9.15. The van der Waals surface area contributed by atoms with Crippen molar-refractivity contribution in [2.45, 2.75) is 26.1 Å². The maximum absolute atomic E-state index is 12.7. The van der Waals surface area contributed by atoms with Gasteiger partial charge in [0.05, 0.1) is 29.6 Å². The summed E-state index contributed by atoms with van der Waals surface area (Å²) >= 11 is 4.85. The van der Waals surface area contributed by atoms with E-state index in [0.717, 1.165) is 14.9 Å². The van der Waals surface area contributed by atoms with E-state index >= 15 is 0 Å². The number of carbonyl (C=O) groups is 2. The molecule has 1 fully saturated rings. The summed E-state index contributed by atoms with van der Waals surface area (Å²) in [4.78, 5) is 27.2. The number of nitrogens with one attached hydrogen (secondary N) is 1. The van der Waals surface area contributed by atoms with E-state index in [1.165, 1.54) is 18.4 Å². The molecule has 0 spiro atoms. The van der Waals surface area contributed by atoms with E-state index in [-0.39, 0.29) is 24.7 Å². The van der Waals surface area contributed by atoms with Gasteiger partial charge >= 0.3 is 5.97 Å². The predicted octanol–water partition coefficient (Wildman–Crippen LogP) is 4.01. The zero-order valence-electron chi connectivity index (χ0n) is 16.0. The fraction of sp³-hybridized carbons (Fsp3) is 0.400. The SMILES string of the molecule is COC(=O)c1c(NC(=O)CN2C[C@@H](C)O[C@@H](C)C2)sc(Br)c1-c1ccccc1. The molecule has 1 aliphatic rings. The van der Waals surface area contributed by atoms with Crippen molar-refractivity contribution in [2.75, 3.05) is 32.1 Å². The van der Waals surface area contributed by atoms with Crippen molar-refractivity contribution >= 4 is 44.1 Å². The summed E-state index contributed by atoms with van der Waals surface area (Å²) < 4.78 is 11.5. The number of anilines is 1. The number of esters is 1. The van der Waals surface area contributed by atoms with E-state index in [4.69, 9.17) is 9.47 Å². The van der Waals surface area contributed by atoms with Crippen LogP contribution in [0.25, 0.3) is 11.1 Å². The molecule has 28 heavy (non-hydrogen) atoms. The lowest BCUT2D eigenvalue weighted by Gasteiger charge is -2.34. The van der Waals surface area contributed by atoms with Gasteiger partial charge < -0.3 is 14.8 Å². The molecule has 150 valence electrons. The highest BCUT2D eigenvalue weighted by Crippen LogP contribution is 2.44. The van der Waals surface area contributed by atoms with E-state index < -0.39 is 5.97 Å². The smallest absolute Gasteiger partial charge is 0.341 e. The highest BCUT2D eigenvalue weighted by atomic mass is 79.9. The number of nitrogens with zero attached hydrogens (tertiary/aromatic N) is 1. The van der Waals surface area contributed by atoms with Gasteiger partial charge in [-0.05, 0) is 35.3 Å². The number of hydrogen-bond donors (Lipinski definition) is 1. The predicted molar refractivity (Wildman–Crippen MR) is 114 cm³/mol. The van der Waals surface area contributed by atoms with Crippen molar-refractivity contribution in [3.63, 3.8) is 0 Å². The minimum absolute atomic E-state index is 0.0859. The average Bonchev–Trinajstić information content (AvgIpc) is 2.96. The molecule has 0 aliphatic carbocycles. The number of rotatable bonds is 5. The molecule has 2 aromatic rings. The van der Waals surface area contributed by atoms with Gasteiger partial charge in [0, 0.05) is 18.7 Å². The van der Waals surface area contributed by atoms with Crippen LogP contribution in [0.2, 0.25) is 0 Å². The molecule has 3 rings (SSSR count). The number of benzene rings is 1.